The molecule has 17 heavy (non-hydrogen) atoms. The Hall–Kier alpha value is -1.56. The maximum atomic E-state index is 11.6. The second kappa shape index (κ2) is 5.67. The molecule has 2 aromatic rings. The molecule has 0 aliphatic heterocycles. The Labute approximate surface area is 113 Å². The van der Waals surface area contributed by atoms with Gasteiger partial charge in [0.1, 0.15) is 5.76 Å². The quantitative estimate of drug-likeness (QED) is 0.687. The molecular weight excluding hydrogens is 329 g/mol. The van der Waals surface area contributed by atoms with Crippen LogP contribution < -0.4 is 5.32 Å². The topological polar surface area (TPSA) is 42.2 Å². The fraction of sp³-hybridized carbons (Fsp3) is 0. The van der Waals surface area contributed by atoms with E-state index < -0.39 is 0 Å². The van der Waals surface area contributed by atoms with Gasteiger partial charge in [-0.2, -0.15) is 0 Å². The molecule has 0 unspecified atom stereocenters. The van der Waals surface area contributed by atoms with Crippen LogP contribution in [0.5, 0.6) is 0 Å². The summed E-state index contributed by atoms with van der Waals surface area (Å²) in [6, 6.07) is 11.2. The zero-order valence-corrected chi connectivity index (χ0v) is 11.0. The first-order valence-electron chi connectivity index (χ1n) is 5.02. The Morgan fingerprint density at radius 2 is 2.18 bits per heavy atom. The fourth-order valence-corrected chi connectivity index (χ4v) is 1.84. The Morgan fingerprint density at radius 1 is 1.29 bits per heavy atom. The van der Waals surface area contributed by atoms with Crippen molar-refractivity contribution in [3.8, 4) is 0 Å². The molecule has 1 aromatic heterocycles. The molecule has 0 radical (unpaired) electrons. The van der Waals surface area contributed by atoms with Crippen molar-refractivity contribution in [2.24, 2.45) is 0 Å². The van der Waals surface area contributed by atoms with Crippen molar-refractivity contribution < 1.29 is 9.21 Å². The van der Waals surface area contributed by atoms with Crippen molar-refractivity contribution in [3.63, 3.8) is 0 Å². The van der Waals surface area contributed by atoms with Gasteiger partial charge in [-0.1, -0.05) is 6.07 Å². The van der Waals surface area contributed by atoms with Crippen LogP contribution in [0.15, 0.2) is 53.2 Å². The normalized spacial score (nSPS) is 10.6. The number of carbonyl (C=O) groups is 1. The summed E-state index contributed by atoms with van der Waals surface area (Å²) < 4.78 is 6.16. The molecule has 0 saturated heterocycles. The van der Waals surface area contributed by atoms with Crippen LogP contribution in [-0.2, 0) is 4.79 Å². The molecule has 0 saturated carbocycles. The Bertz CT molecular complexity index is 532. The highest BCUT2D eigenvalue weighted by atomic mass is 127. The Balaban J connectivity index is 1.98. The second-order valence-corrected chi connectivity index (χ2v) is 4.59. The second-order valence-electron chi connectivity index (χ2n) is 3.35. The van der Waals surface area contributed by atoms with E-state index in [1.165, 1.54) is 6.08 Å². The third kappa shape index (κ3) is 3.74. The summed E-state index contributed by atoms with van der Waals surface area (Å²) in [7, 11) is 0. The van der Waals surface area contributed by atoms with E-state index in [4.69, 9.17) is 4.42 Å². The van der Waals surface area contributed by atoms with Gasteiger partial charge in [-0.25, -0.2) is 0 Å². The SMILES string of the molecule is O=C(/C=C/c1ccco1)Nc1cccc(I)c1. The minimum Gasteiger partial charge on any atom is -0.465 e. The van der Waals surface area contributed by atoms with E-state index >= 15 is 0 Å². The molecule has 0 aliphatic carbocycles. The molecule has 0 bridgehead atoms. The van der Waals surface area contributed by atoms with Crippen LogP contribution in [0, 0.1) is 3.57 Å². The zero-order valence-electron chi connectivity index (χ0n) is 8.89. The highest BCUT2D eigenvalue weighted by Gasteiger charge is 1.98. The largest absolute Gasteiger partial charge is 0.465 e. The standard InChI is InChI=1S/C13H10INO2/c14-10-3-1-4-11(9-10)15-13(16)7-6-12-5-2-8-17-12/h1-9H,(H,15,16)/b7-6+. The van der Waals surface area contributed by atoms with Crippen molar-refractivity contribution in [1.29, 1.82) is 0 Å². The average molecular weight is 339 g/mol. The highest BCUT2D eigenvalue weighted by Crippen LogP contribution is 2.12. The van der Waals surface area contributed by atoms with Crippen LogP contribution in [0.2, 0.25) is 0 Å². The Kier molecular flexibility index (Phi) is 3.98. The van der Waals surface area contributed by atoms with Gasteiger partial charge in [0, 0.05) is 15.3 Å². The number of benzene rings is 1. The molecule has 1 aromatic carbocycles. The van der Waals surface area contributed by atoms with Crippen molar-refractivity contribution in [2.45, 2.75) is 0 Å². The first-order chi connectivity index (χ1) is 8.24. The van der Waals surface area contributed by atoms with E-state index in [1.807, 2.05) is 24.3 Å². The van der Waals surface area contributed by atoms with Crippen molar-refractivity contribution >= 4 is 40.3 Å². The van der Waals surface area contributed by atoms with Gasteiger partial charge in [0.05, 0.1) is 6.26 Å². The first kappa shape index (κ1) is 11.9. The number of rotatable bonds is 3. The van der Waals surface area contributed by atoms with Crippen LogP contribution in [0.1, 0.15) is 5.76 Å². The summed E-state index contributed by atoms with van der Waals surface area (Å²) in [5.74, 6) is 0.478. The van der Waals surface area contributed by atoms with Gasteiger partial charge in [0.15, 0.2) is 0 Å². The third-order valence-electron chi connectivity index (χ3n) is 2.03. The lowest BCUT2D eigenvalue weighted by Crippen LogP contribution is -2.07. The molecule has 3 nitrogen and oxygen atoms in total. The molecule has 4 heteroatoms. The summed E-state index contributed by atoms with van der Waals surface area (Å²) in [6.07, 6.45) is 4.64. The molecule has 0 fully saturated rings. The van der Waals surface area contributed by atoms with E-state index in [9.17, 15) is 4.79 Å². The maximum absolute atomic E-state index is 11.6. The summed E-state index contributed by atoms with van der Waals surface area (Å²) >= 11 is 2.20. The van der Waals surface area contributed by atoms with Gasteiger partial charge in [0.2, 0.25) is 5.91 Å². The summed E-state index contributed by atoms with van der Waals surface area (Å²) in [5, 5.41) is 2.77. The highest BCUT2D eigenvalue weighted by molar-refractivity contribution is 14.1. The van der Waals surface area contributed by atoms with Crippen LogP contribution in [0.3, 0.4) is 0 Å². The number of hydrogen-bond donors (Lipinski definition) is 1. The molecule has 0 spiro atoms. The number of nitrogens with one attached hydrogen (secondary N) is 1. The number of halogens is 1. The van der Waals surface area contributed by atoms with E-state index in [1.54, 1.807) is 24.5 Å². The molecule has 1 amide bonds. The van der Waals surface area contributed by atoms with Gasteiger partial charge >= 0.3 is 0 Å². The maximum Gasteiger partial charge on any atom is 0.248 e. The summed E-state index contributed by atoms with van der Waals surface area (Å²) in [5.41, 5.74) is 0.783. The summed E-state index contributed by atoms with van der Waals surface area (Å²) in [4.78, 5) is 11.6. The van der Waals surface area contributed by atoms with Crippen LogP contribution in [0.25, 0.3) is 6.08 Å². The number of amides is 1. The monoisotopic (exact) mass is 339 g/mol. The van der Waals surface area contributed by atoms with Gasteiger partial charge in [-0.15, -0.1) is 0 Å². The lowest BCUT2D eigenvalue weighted by molar-refractivity contribution is -0.111. The smallest absolute Gasteiger partial charge is 0.248 e. The molecule has 1 N–H and O–H groups in total. The summed E-state index contributed by atoms with van der Waals surface area (Å²) in [6.45, 7) is 0. The van der Waals surface area contributed by atoms with Crippen LogP contribution in [0.4, 0.5) is 5.69 Å². The molecular formula is C13H10INO2. The zero-order chi connectivity index (χ0) is 12.1. The average Bonchev–Trinajstić information content (AvgIpc) is 2.79. The van der Waals surface area contributed by atoms with Gasteiger partial charge in [0.25, 0.3) is 0 Å². The van der Waals surface area contributed by atoms with E-state index in [2.05, 4.69) is 27.9 Å². The fourth-order valence-electron chi connectivity index (χ4n) is 1.29. The molecule has 2 rings (SSSR count). The number of anilines is 1. The van der Waals surface area contributed by atoms with Crippen LogP contribution in [-0.4, -0.2) is 5.91 Å². The van der Waals surface area contributed by atoms with Gasteiger partial charge < -0.3 is 9.73 Å². The minimum atomic E-state index is -0.177. The molecule has 0 atom stereocenters. The molecule has 1 heterocycles. The predicted octanol–water partition coefficient (Wildman–Crippen LogP) is 3.54. The number of hydrogen-bond acceptors (Lipinski definition) is 2. The lowest BCUT2D eigenvalue weighted by Gasteiger charge is -2.01. The number of furan rings is 1. The first-order valence-corrected chi connectivity index (χ1v) is 6.10. The molecule has 86 valence electrons. The minimum absolute atomic E-state index is 0.177. The van der Waals surface area contributed by atoms with E-state index in [0.717, 1.165) is 9.26 Å². The van der Waals surface area contributed by atoms with Crippen molar-refractivity contribution in [3.05, 3.63) is 58.1 Å². The van der Waals surface area contributed by atoms with Gasteiger partial charge in [-0.05, 0) is 59.0 Å². The van der Waals surface area contributed by atoms with Crippen LogP contribution >= 0.6 is 22.6 Å². The van der Waals surface area contributed by atoms with Crippen molar-refractivity contribution in [2.75, 3.05) is 5.32 Å². The predicted molar refractivity (Wildman–Crippen MR) is 75.5 cm³/mol. The third-order valence-corrected chi connectivity index (χ3v) is 2.71. The number of carbonyl (C=O) groups excluding carboxylic acids is 1. The molecule has 0 aliphatic rings. The van der Waals surface area contributed by atoms with Gasteiger partial charge in [-0.3, -0.25) is 4.79 Å². The lowest BCUT2D eigenvalue weighted by atomic mass is 10.3. The Morgan fingerprint density at radius 3 is 2.88 bits per heavy atom. The van der Waals surface area contributed by atoms with Crippen molar-refractivity contribution in [1.82, 2.24) is 0 Å². The van der Waals surface area contributed by atoms with E-state index in [0.29, 0.717) is 5.76 Å². The van der Waals surface area contributed by atoms with E-state index in [-0.39, 0.29) is 5.91 Å².